The van der Waals surface area contributed by atoms with Gasteiger partial charge < -0.3 is 0 Å². The molecule has 0 bridgehead atoms. The van der Waals surface area contributed by atoms with E-state index < -0.39 is 11.7 Å². The van der Waals surface area contributed by atoms with Gasteiger partial charge >= 0.3 is 0 Å². The molecule has 0 fully saturated rings. The standard InChI is InChI=1S/C24H22F2/c1-3-5-6-20-11-13-22(14-12-20)16-18-24(26)23(25)17-15-21-9-7-19(4-2)8-10-21/h7-14H,3-6H2,1-2H3/b24-23+. The van der Waals surface area contributed by atoms with Gasteiger partial charge in [-0.15, -0.1) is 0 Å². The zero-order valence-electron chi connectivity index (χ0n) is 15.2. The summed E-state index contributed by atoms with van der Waals surface area (Å²) >= 11 is 0. The molecule has 132 valence electrons. The summed E-state index contributed by atoms with van der Waals surface area (Å²) in [7, 11) is 0. The third-order valence-electron chi connectivity index (χ3n) is 3.96. The lowest BCUT2D eigenvalue weighted by molar-refractivity contribution is 0.584. The third-order valence-corrected chi connectivity index (χ3v) is 3.96. The largest absolute Gasteiger partial charge is 0.217 e. The molecule has 2 aromatic rings. The number of allylic oxidation sites excluding steroid dienone is 2. The molecular formula is C24H22F2. The predicted molar refractivity (Wildman–Crippen MR) is 104 cm³/mol. The molecule has 0 aliphatic carbocycles. The average Bonchev–Trinajstić information content (AvgIpc) is 2.69. The fourth-order valence-electron chi connectivity index (χ4n) is 2.32. The van der Waals surface area contributed by atoms with E-state index in [1.54, 1.807) is 12.1 Å². The van der Waals surface area contributed by atoms with Crippen molar-refractivity contribution in [3.8, 4) is 23.7 Å². The van der Waals surface area contributed by atoms with E-state index in [1.165, 1.54) is 11.1 Å². The number of benzene rings is 2. The summed E-state index contributed by atoms with van der Waals surface area (Å²) in [4.78, 5) is 0. The van der Waals surface area contributed by atoms with E-state index in [9.17, 15) is 8.78 Å². The van der Waals surface area contributed by atoms with Crippen LogP contribution in [0.2, 0.25) is 0 Å². The summed E-state index contributed by atoms with van der Waals surface area (Å²) in [6.45, 7) is 4.20. The Kier molecular flexibility index (Phi) is 7.66. The van der Waals surface area contributed by atoms with Crippen LogP contribution in [-0.4, -0.2) is 0 Å². The lowest BCUT2D eigenvalue weighted by Crippen LogP contribution is -1.84. The Morgan fingerprint density at radius 1 is 0.731 bits per heavy atom. The number of unbranched alkanes of at least 4 members (excludes halogenated alkanes) is 1. The lowest BCUT2D eigenvalue weighted by Gasteiger charge is -1.99. The van der Waals surface area contributed by atoms with Crippen LogP contribution in [0, 0.1) is 23.7 Å². The van der Waals surface area contributed by atoms with E-state index in [-0.39, 0.29) is 0 Å². The first kappa shape index (κ1) is 19.5. The smallest absolute Gasteiger partial charge is 0.193 e. The van der Waals surface area contributed by atoms with Crippen molar-refractivity contribution < 1.29 is 8.78 Å². The van der Waals surface area contributed by atoms with Crippen molar-refractivity contribution in [3.63, 3.8) is 0 Å². The molecule has 0 atom stereocenters. The molecular weight excluding hydrogens is 326 g/mol. The molecule has 0 N–H and O–H groups in total. The van der Waals surface area contributed by atoms with Gasteiger partial charge in [0.25, 0.3) is 0 Å². The van der Waals surface area contributed by atoms with Crippen LogP contribution in [0.3, 0.4) is 0 Å². The molecule has 0 spiro atoms. The van der Waals surface area contributed by atoms with Crippen LogP contribution in [0.25, 0.3) is 0 Å². The van der Waals surface area contributed by atoms with Crippen LogP contribution >= 0.6 is 0 Å². The van der Waals surface area contributed by atoms with Crippen LogP contribution in [0.1, 0.15) is 48.9 Å². The average molecular weight is 348 g/mol. The monoisotopic (exact) mass is 348 g/mol. The molecule has 26 heavy (non-hydrogen) atoms. The minimum absolute atomic E-state index is 0.640. The van der Waals surface area contributed by atoms with Gasteiger partial charge in [0.1, 0.15) is 0 Å². The molecule has 0 radical (unpaired) electrons. The number of hydrogen-bond donors (Lipinski definition) is 0. The highest BCUT2D eigenvalue weighted by Gasteiger charge is 1.99. The highest BCUT2D eigenvalue weighted by atomic mass is 19.2. The van der Waals surface area contributed by atoms with Crippen molar-refractivity contribution in [1.29, 1.82) is 0 Å². The number of halogens is 2. The van der Waals surface area contributed by atoms with Crippen molar-refractivity contribution in [2.45, 2.75) is 39.5 Å². The van der Waals surface area contributed by atoms with E-state index in [1.807, 2.05) is 36.4 Å². The van der Waals surface area contributed by atoms with Crippen LogP contribution in [0.5, 0.6) is 0 Å². The Bertz CT molecular complexity index is 864. The quantitative estimate of drug-likeness (QED) is 0.582. The minimum Gasteiger partial charge on any atom is -0.193 e. The van der Waals surface area contributed by atoms with Crippen molar-refractivity contribution in [3.05, 3.63) is 82.4 Å². The van der Waals surface area contributed by atoms with Gasteiger partial charge in [-0.05, 0) is 66.5 Å². The first-order chi connectivity index (χ1) is 12.6. The topological polar surface area (TPSA) is 0 Å². The zero-order valence-corrected chi connectivity index (χ0v) is 15.2. The third kappa shape index (κ3) is 6.23. The Morgan fingerprint density at radius 2 is 1.19 bits per heavy atom. The maximum atomic E-state index is 13.8. The van der Waals surface area contributed by atoms with E-state index in [2.05, 4.69) is 37.5 Å². The van der Waals surface area contributed by atoms with E-state index in [0.29, 0.717) is 11.1 Å². The second kappa shape index (κ2) is 10.2. The van der Waals surface area contributed by atoms with Crippen molar-refractivity contribution in [1.82, 2.24) is 0 Å². The fourth-order valence-corrected chi connectivity index (χ4v) is 2.32. The first-order valence-corrected chi connectivity index (χ1v) is 8.89. The van der Waals surface area contributed by atoms with E-state index >= 15 is 0 Å². The fraction of sp³-hybridized carbons (Fsp3) is 0.250. The second-order valence-electron chi connectivity index (χ2n) is 5.98. The number of aryl methyl sites for hydroxylation is 2. The van der Waals surface area contributed by atoms with Gasteiger partial charge in [0.05, 0.1) is 0 Å². The van der Waals surface area contributed by atoms with Gasteiger partial charge in [-0.25, -0.2) is 0 Å². The molecule has 2 rings (SSSR count). The van der Waals surface area contributed by atoms with Gasteiger partial charge in [-0.1, -0.05) is 56.4 Å². The van der Waals surface area contributed by atoms with Crippen LogP contribution in [0.4, 0.5) is 8.78 Å². The highest BCUT2D eigenvalue weighted by Crippen LogP contribution is 2.10. The second-order valence-corrected chi connectivity index (χ2v) is 5.98. The van der Waals surface area contributed by atoms with Gasteiger partial charge in [0.15, 0.2) is 0 Å². The lowest BCUT2D eigenvalue weighted by atomic mass is 10.1. The van der Waals surface area contributed by atoms with Crippen LogP contribution in [-0.2, 0) is 12.8 Å². The molecule has 0 saturated carbocycles. The summed E-state index contributed by atoms with van der Waals surface area (Å²) in [5.74, 6) is 7.35. The molecule has 0 saturated heterocycles. The summed E-state index contributed by atoms with van der Waals surface area (Å²) in [5.41, 5.74) is 3.68. The van der Waals surface area contributed by atoms with Crippen LogP contribution < -0.4 is 0 Å². The van der Waals surface area contributed by atoms with Gasteiger partial charge in [0, 0.05) is 11.1 Å². The molecule has 2 heteroatoms. The van der Waals surface area contributed by atoms with Crippen LogP contribution in [0.15, 0.2) is 60.2 Å². The normalized spacial score (nSPS) is 10.9. The molecule has 0 unspecified atom stereocenters. The summed E-state index contributed by atoms with van der Waals surface area (Å²) < 4.78 is 27.5. The predicted octanol–water partition coefficient (Wildman–Crippen LogP) is 6.15. The van der Waals surface area contributed by atoms with Crippen molar-refractivity contribution in [2.24, 2.45) is 0 Å². The molecule has 2 aromatic carbocycles. The number of rotatable bonds is 4. The van der Waals surface area contributed by atoms with Gasteiger partial charge in [-0.3, -0.25) is 0 Å². The summed E-state index contributed by atoms with van der Waals surface area (Å²) in [6, 6.07) is 15.0. The molecule has 0 nitrogen and oxygen atoms in total. The number of hydrogen-bond acceptors (Lipinski definition) is 0. The Labute approximate surface area is 155 Å². The maximum absolute atomic E-state index is 13.8. The van der Waals surface area contributed by atoms with Crippen molar-refractivity contribution >= 4 is 0 Å². The zero-order chi connectivity index (χ0) is 18.8. The van der Waals surface area contributed by atoms with Crippen molar-refractivity contribution in [2.75, 3.05) is 0 Å². The van der Waals surface area contributed by atoms with E-state index in [0.717, 1.165) is 25.7 Å². The molecule has 0 aliphatic rings. The molecule has 0 aromatic heterocycles. The molecule has 0 amide bonds. The summed E-state index contributed by atoms with van der Waals surface area (Å²) in [5, 5.41) is 0. The minimum atomic E-state index is -1.14. The molecule has 0 aliphatic heterocycles. The Hall–Kier alpha value is -2.84. The molecule has 0 heterocycles. The SMILES string of the molecule is CCCCc1ccc(C#C/C(F)=C(\F)C#Cc2ccc(CC)cc2)cc1. The highest BCUT2D eigenvalue weighted by molar-refractivity contribution is 5.45. The Balaban J connectivity index is 2.06. The Morgan fingerprint density at radius 3 is 1.62 bits per heavy atom. The summed E-state index contributed by atoms with van der Waals surface area (Å²) in [6.07, 6.45) is 4.21. The maximum Gasteiger partial charge on any atom is 0.217 e. The van der Waals surface area contributed by atoms with Gasteiger partial charge in [0.2, 0.25) is 11.7 Å². The van der Waals surface area contributed by atoms with Gasteiger partial charge in [-0.2, -0.15) is 8.78 Å². The first-order valence-electron chi connectivity index (χ1n) is 8.89. The van der Waals surface area contributed by atoms with E-state index in [4.69, 9.17) is 0 Å².